The van der Waals surface area contributed by atoms with E-state index < -0.39 is 8.07 Å². The van der Waals surface area contributed by atoms with E-state index in [1.807, 2.05) is 0 Å². The highest BCUT2D eigenvalue weighted by Gasteiger charge is 2.07. The van der Waals surface area contributed by atoms with Crippen LogP contribution < -0.4 is 0 Å². The lowest BCUT2D eigenvalue weighted by atomic mass is 10.1. The van der Waals surface area contributed by atoms with Gasteiger partial charge in [-0.15, -0.1) is 5.54 Å². The largest absolute Gasteiger partial charge is 0.129 e. The monoisotopic (exact) mass is 214 g/mol. The fraction of sp³-hybridized carbons (Fsp3) is 0.286. The molecule has 0 fully saturated rings. The van der Waals surface area contributed by atoms with Crippen LogP contribution in [0.2, 0.25) is 19.6 Å². The van der Waals surface area contributed by atoms with Crippen LogP contribution in [0.4, 0.5) is 0 Å². The lowest BCUT2D eigenvalue weighted by Crippen LogP contribution is -2.16. The van der Waals surface area contributed by atoms with Gasteiger partial charge in [0.15, 0.2) is 0 Å². The summed E-state index contributed by atoms with van der Waals surface area (Å²) in [5, 5.41) is 0. The Morgan fingerprint density at radius 1 is 1.13 bits per heavy atom. The van der Waals surface area contributed by atoms with Gasteiger partial charge in [0.1, 0.15) is 8.07 Å². The van der Waals surface area contributed by atoms with Crippen LogP contribution in [0.1, 0.15) is 11.1 Å². The van der Waals surface area contributed by atoms with Crippen molar-refractivity contribution in [2.45, 2.75) is 26.6 Å². The second-order valence-corrected chi connectivity index (χ2v) is 9.59. The highest BCUT2D eigenvalue weighted by molar-refractivity contribution is 6.84. The summed E-state index contributed by atoms with van der Waals surface area (Å²) in [6.45, 7) is 12.8. The van der Waals surface area contributed by atoms with Crippen molar-refractivity contribution < 1.29 is 0 Å². The van der Waals surface area contributed by atoms with E-state index >= 15 is 0 Å². The number of rotatable bonds is 1. The molecule has 0 aliphatic rings. The van der Waals surface area contributed by atoms with Crippen LogP contribution in [-0.4, -0.2) is 8.07 Å². The van der Waals surface area contributed by atoms with E-state index in [4.69, 9.17) is 0 Å². The maximum atomic E-state index is 4.01. The van der Waals surface area contributed by atoms with Crippen LogP contribution in [0, 0.1) is 18.4 Å². The lowest BCUT2D eigenvalue weighted by Gasteiger charge is -2.04. The van der Waals surface area contributed by atoms with E-state index in [0.29, 0.717) is 0 Å². The Bertz CT molecular complexity index is 407. The molecular weight excluding hydrogens is 196 g/mol. The number of allylic oxidation sites excluding steroid dienone is 1. The second-order valence-electron chi connectivity index (χ2n) is 4.84. The molecule has 0 aromatic heterocycles. The zero-order chi connectivity index (χ0) is 11.5. The number of benzene rings is 1. The molecule has 0 atom stereocenters. The van der Waals surface area contributed by atoms with Crippen LogP contribution in [0.25, 0.3) is 5.57 Å². The summed E-state index contributed by atoms with van der Waals surface area (Å²) in [4.78, 5) is 0. The third-order valence-corrected chi connectivity index (χ3v) is 2.86. The third kappa shape index (κ3) is 4.18. The summed E-state index contributed by atoms with van der Waals surface area (Å²) < 4.78 is 0. The van der Waals surface area contributed by atoms with Gasteiger partial charge in [0, 0.05) is 5.57 Å². The predicted molar refractivity (Wildman–Crippen MR) is 71.3 cm³/mol. The molecule has 0 saturated carbocycles. The van der Waals surface area contributed by atoms with Crippen LogP contribution in [0.15, 0.2) is 30.8 Å². The van der Waals surface area contributed by atoms with Crippen LogP contribution in [0.5, 0.6) is 0 Å². The first kappa shape index (κ1) is 11.8. The second kappa shape index (κ2) is 4.50. The molecular formula is C14H18Si. The van der Waals surface area contributed by atoms with E-state index in [0.717, 1.165) is 11.1 Å². The maximum Gasteiger partial charge on any atom is 0.129 e. The van der Waals surface area contributed by atoms with Crippen molar-refractivity contribution in [3.63, 3.8) is 0 Å². The van der Waals surface area contributed by atoms with Gasteiger partial charge < -0.3 is 0 Å². The number of hydrogen-bond donors (Lipinski definition) is 0. The molecule has 0 spiro atoms. The van der Waals surface area contributed by atoms with E-state index in [1.165, 1.54) is 5.56 Å². The van der Waals surface area contributed by atoms with Gasteiger partial charge in [-0.3, -0.25) is 0 Å². The minimum atomic E-state index is -1.29. The molecule has 0 saturated heterocycles. The highest BCUT2D eigenvalue weighted by Crippen LogP contribution is 2.12. The molecule has 0 radical (unpaired) electrons. The fourth-order valence-electron chi connectivity index (χ4n) is 1.09. The Kier molecular flexibility index (Phi) is 3.55. The molecule has 0 N–H and O–H groups in total. The third-order valence-electron chi connectivity index (χ3n) is 1.99. The van der Waals surface area contributed by atoms with E-state index in [-0.39, 0.29) is 0 Å². The first-order chi connectivity index (χ1) is 6.88. The first-order valence-corrected chi connectivity index (χ1v) is 8.67. The Labute approximate surface area is 94.0 Å². The van der Waals surface area contributed by atoms with Gasteiger partial charge in [-0.2, -0.15) is 0 Å². The topological polar surface area (TPSA) is 0 Å². The summed E-state index contributed by atoms with van der Waals surface area (Å²) in [7, 11) is -1.29. The molecule has 1 rings (SSSR count). The van der Waals surface area contributed by atoms with Crippen molar-refractivity contribution in [2.75, 3.05) is 0 Å². The fourth-order valence-corrected chi connectivity index (χ4v) is 1.62. The average molecular weight is 214 g/mol. The molecule has 0 bridgehead atoms. The van der Waals surface area contributed by atoms with Gasteiger partial charge >= 0.3 is 0 Å². The highest BCUT2D eigenvalue weighted by atomic mass is 28.3. The quantitative estimate of drug-likeness (QED) is 0.491. The van der Waals surface area contributed by atoms with E-state index in [2.05, 4.69) is 68.9 Å². The molecule has 0 aliphatic heterocycles. The van der Waals surface area contributed by atoms with Crippen molar-refractivity contribution in [3.05, 3.63) is 42.0 Å². The van der Waals surface area contributed by atoms with Crippen molar-refractivity contribution in [1.29, 1.82) is 0 Å². The number of aryl methyl sites for hydroxylation is 1. The molecule has 0 heterocycles. The summed E-state index contributed by atoms with van der Waals surface area (Å²) >= 11 is 0. The standard InChI is InChI=1S/C14H18Si/c1-12-6-8-14(9-7-12)13(2)10-11-15(3,4)5/h6-9H,2H2,1,3-5H3. The molecule has 0 aliphatic carbocycles. The summed E-state index contributed by atoms with van der Waals surface area (Å²) in [5.41, 5.74) is 6.65. The SMILES string of the molecule is C=C(C#C[Si](C)(C)C)c1ccc(C)cc1. The maximum absolute atomic E-state index is 4.01. The first-order valence-electron chi connectivity index (χ1n) is 5.17. The Hall–Kier alpha value is -1.26. The minimum absolute atomic E-state index is 0.928. The Morgan fingerprint density at radius 3 is 2.13 bits per heavy atom. The van der Waals surface area contributed by atoms with Crippen molar-refractivity contribution in [3.8, 4) is 11.5 Å². The lowest BCUT2D eigenvalue weighted by molar-refractivity contribution is 1.46. The molecule has 78 valence electrons. The van der Waals surface area contributed by atoms with Crippen LogP contribution in [0.3, 0.4) is 0 Å². The van der Waals surface area contributed by atoms with Gasteiger partial charge in [0.05, 0.1) is 0 Å². The van der Waals surface area contributed by atoms with Crippen LogP contribution >= 0.6 is 0 Å². The molecule has 1 heteroatoms. The summed E-state index contributed by atoms with van der Waals surface area (Å²) in [5.74, 6) is 3.18. The van der Waals surface area contributed by atoms with Crippen molar-refractivity contribution in [1.82, 2.24) is 0 Å². The van der Waals surface area contributed by atoms with E-state index in [1.54, 1.807) is 0 Å². The zero-order valence-electron chi connectivity index (χ0n) is 10.0. The number of hydrogen-bond acceptors (Lipinski definition) is 0. The molecule has 0 nitrogen and oxygen atoms in total. The van der Waals surface area contributed by atoms with Crippen molar-refractivity contribution in [2.24, 2.45) is 0 Å². The molecule has 15 heavy (non-hydrogen) atoms. The van der Waals surface area contributed by atoms with Gasteiger partial charge in [-0.05, 0) is 12.5 Å². The predicted octanol–water partition coefficient (Wildman–Crippen LogP) is 3.89. The normalized spacial score (nSPS) is 10.4. The zero-order valence-corrected chi connectivity index (χ0v) is 11.0. The molecule has 1 aromatic carbocycles. The van der Waals surface area contributed by atoms with Crippen molar-refractivity contribution >= 4 is 13.6 Å². The van der Waals surface area contributed by atoms with Gasteiger partial charge in [0.2, 0.25) is 0 Å². The Balaban J connectivity index is 2.86. The molecule has 1 aromatic rings. The summed E-state index contributed by atoms with van der Waals surface area (Å²) in [6.07, 6.45) is 0. The van der Waals surface area contributed by atoms with Gasteiger partial charge in [-0.25, -0.2) is 0 Å². The molecule has 0 unspecified atom stereocenters. The van der Waals surface area contributed by atoms with Gasteiger partial charge in [-0.1, -0.05) is 62.0 Å². The average Bonchev–Trinajstić information content (AvgIpc) is 2.14. The van der Waals surface area contributed by atoms with Gasteiger partial charge in [0.25, 0.3) is 0 Å². The minimum Gasteiger partial charge on any atom is -0.127 e. The van der Waals surface area contributed by atoms with Crippen LogP contribution in [-0.2, 0) is 0 Å². The smallest absolute Gasteiger partial charge is 0.127 e. The molecule has 0 amide bonds. The summed E-state index contributed by atoms with van der Waals surface area (Å²) in [6, 6.07) is 8.35. The van der Waals surface area contributed by atoms with E-state index in [9.17, 15) is 0 Å². The Morgan fingerprint density at radius 2 is 1.67 bits per heavy atom.